The number of para-hydroxylation sites is 1. The van der Waals surface area contributed by atoms with E-state index in [9.17, 15) is 9.90 Å². The summed E-state index contributed by atoms with van der Waals surface area (Å²) in [5.41, 5.74) is 3.08. The quantitative estimate of drug-likeness (QED) is 0.757. The smallest absolute Gasteiger partial charge is 0.257 e. The molecule has 1 amide bonds. The number of carbonyl (C=O) groups excluding carboxylic acids is 1. The number of fused-ring (bicyclic) bond motifs is 1. The molecule has 0 unspecified atom stereocenters. The largest absolute Gasteiger partial charge is 0.507 e. The average Bonchev–Trinajstić information content (AvgIpc) is 2.73. The van der Waals surface area contributed by atoms with Crippen molar-refractivity contribution in [2.75, 3.05) is 25.5 Å². The van der Waals surface area contributed by atoms with Crippen molar-refractivity contribution in [2.24, 2.45) is 0 Å². The standard InChI is InChI=1S/C21H21N5O2/c1-25(2)20-15-9-12-26(21(28)16-5-3-4-6-18(16)27)13-17(15)23-19(24-20)14-7-10-22-11-8-14/h3-8,10-11,27H,9,12-13H2,1-2H3. The maximum atomic E-state index is 12.9. The fourth-order valence-corrected chi connectivity index (χ4v) is 3.41. The van der Waals surface area contributed by atoms with Gasteiger partial charge in [-0.25, -0.2) is 9.97 Å². The van der Waals surface area contributed by atoms with Crippen LogP contribution in [0.5, 0.6) is 5.75 Å². The molecule has 0 saturated carbocycles. The van der Waals surface area contributed by atoms with E-state index >= 15 is 0 Å². The molecular formula is C21H21N5O2. The second-order valence-electron chi connectivity index (χ2n) is 6.92. The van der Waals surface area contributed by atoms with Crippen LogP contribution in [0, 0.1) is 0 Å². The number of amides is 1. The van der Waals surface area contributed by atoms with Crippen molar-refractivity contribution in [3.63, 3.8) is 0 Å². The minimum absolute atomic E-state index is 0.00700. The van der Waals surface area contributed by atoms with Crippen molar-refractivity contribution in [1.82, 2.24) is 19.9 Å². The Morgan fingerprint density at radius 3 is 2.57 bits per heavy atom. The Kier molecular flexibility index (Phi) is 4.65. The molecule has 1 aliphatic heterocycles. The number of carbonyl (C=O) groups is 1. The molecule has 0 aliphatic carbocycles. The minimum Gasteiger partial charge on any atom is -0.507 e. The lowest BCUT2D eigenvalue weighted by atomic mass is 10.0. The molecule has 0 radical (unpaired) electrons. The van der Waals surface area contributed by atoms with Crippen molar-refractivity contribution in [1.29, 1.82) is 0 Å². The third-order valence-electron chi connectivity index (χ3n) is 4.83. The van der Waals surface area contributed by atoms with Crippen LogP contribution >= 0.6 is 0 Å². The molecule has 1 aromatic carbocycles. The highest BCUT2D eigenvalue weighted by molar-refractivity contribution is 5.96. The highest BCUT2D eigenvalue weighted by Crippen LogP contribution is 2.29. The molecule has 142 valence electrons. The number of rotatable bonds is 3. The Morgan fingerprint density at radius 2 is 1.86 bits per heavy atom. The van der Waals surface area contributed by atoms with Crippen molar-refractivity contribution in [3.8, 4) is 17.1 Å². The van der Waals surface area contributed by atoms with Crippen LogP contribution in [0.15, 0.2) is 48.8 Å². The maximum absolute atomic E-state index is 12.9. The number of hydrogen-bond donors (Lipinski definition) is 1. The fraction of sp³-hybridized carbons (Fsp3) is 0.238. The molecule has 0 fully saturated rings. The first-order chi connectivity index (χ1) is 13.5. The lowest BCUT2D eigenvalue weighted by Gasteiger charge is -2.31. The predicted molar refractivity (Wildman–Crippen MR) is 106 cm³/mol. The molecule has 0 spiro atoms. The van der Waals surface area contributed by atoms with E-state index in [2.05, 4.69) is 4.98 Å². The normalized spacial score (nSPS) is 13.1. The van der Waals surface area contributed by atoms with Gasteiger partial charge in [-0.1, -0.05) is 12.1 Å². The zero-order valence-electron chi connectivity index (χ0n) is 15.8. The number of pyridine rings is 1. The van der Waals surface area contributed by atoms with Crippen LogP contribution in [0.1, 0.15) is 21.6 Å². The zero-order chi connectivity index (χ0) is 19.7. The average molecular weight is 375 g/mol. The molecule has 0 bridgehead atoms. The Morgan fingerprint density at radius 1 is 1.11 bits per heavy atom. The van der Waals surface area contributed by atoms with Crippen molar-refractivity contribution in [3.05, 3.63) is 65.6 Å². The number of phenolic OH excluding ortho intramolecular Hbond substituents is 1. The first-order valence-corrected chi connectivity index (χ1v) is 9.09. The van der Waals surface area contributed by atoms with Crippen molar-refractivity contribution < 1.29 is 9.90 Å². The van der Waals surface area contributed by atoms with Crippen LogP contribution in [-0.4, -0.2) is 51.5 Å². The van der Waals surface area contributed by atoms with E-state index in [0.717, 1.165) is 22.6 Å². The molecule has 28 heavy (non-hydrogen) atoms. The van der Waals surface area contributed by atoms with E-state index in [1.165, 1.54) is 6.07 Å². The van der Waals surface area contributed by atoms with Crippen molar-refractivity contribution >= 4 is 11.7 Å². The van der Waals surface area contributed by atoms with Gasteiger partial charge >= 0.3 is 0 Å². The summed E-state index contributed by atoms with van der Waals surface area (Å²) in [4.78, 5) is 30.2. The van der Waals surface area contributed by atoms with Gasteiger partial charge in [-0.05, 0) is 30.7 Å². The Bertz CT molecular complexity index is 1020. The Labute approximate surface area is 163 Å². The maximum Gasteiger partial charge on any atom is 0.257 e. The summed E-state index contributed by atoms with van der Waals surface area (Å²) in [6.07, 6.45) is 4.09. The van der Waals surface area contributed by atoms with E-state index in [1.807, 2.05) is 31.1 Å². The number of aromatic nitrogens is 3. The van der Waals surface area contributed by atoms with E-state index in [0.29, 0.717) is 30.9 Å². The van der Waals surface area contributed by atoms with Crippen LogP contribution in [0.4, 0.5) is 5.82 Å². The number of phenols is 1. The van der Waals surface area contributed by atoms with Crippen LogP contribution in [0.25, 0.3) is 11.4 Å². The molecule has 7 heteroatoms. The van der Waals surface area contributed by atoms with Gasteiger partial charge in [0.15, 0.2) is 5.82 Å². The van der Waals surface area contributed by atoms with Crippen molar-refractivity contribution in [2.45, 2.75) is 13.0 Å². The summed E-state index contributed by atoms with van der Waals surface area (Å²) in [6.45, 7) is 0.933. The second kappa shape index (κ2) is 7.26. The van der Waals surface area contributed by atoms with Crippen LogP contribution < -0.4 is 4.90 Å². The van der Waals surface area contributed by atoms with Gasteiger partial charge in [-0.2, -0.15) is 0 Å². The lowest BCUT2D eigenvalue weighted by Crippen LogP contribution is -2.37. The molecule has 3 aromatic rings. The first kappa shape index (κ1) is 17.9. The minimum atomic E-state index is -0.195. The summed E-state index contributed by atoms with van der Waals surface area (Å²) in [5, 5.41) is 10.0. The monoisotopic (exact) mass is 375 g/mol. The number of anilines is 1. The molecule has 1 N–H and O–H groups in total. The van der Waals surface area contributed by atoms with E-state index in [1.54, 1.807) is 35.5 Å². The van der Waals surface area contributed by atoms with Crippen LogP contribution in [0.3, 0.4) is 0 Å². The van der Waals surface area contributed by atoms with E-state index in [-0.39, 0.29) is 11.7 Å². The third kappa shape index (κ3) is 3.26. The van der Waals surface area contributed by atoms with Gasteiger partial charge in [0.1, 0.15) is 11.6 Å². The summed E-state index contributed by atoms with van der Waals surface area (Å²) < 4.78 is 0. The highest BCUT2D eigenvalue weighted by atomic mass is 16.3. The van der Waals surface area contributed by atoms with Gasteiger partial charge in [-0.3, -0.25) is 9.78 Å². The summed E-state index contributed by atoms with van der Waals surface area (Å²) in [5.74, 6) is 1.28. The lowest BCUT2D eigenvalue weighted by molar-refractivity contribution is 0.0729. The second-order valence-corrected chi connectivity index (χ2v) is 6.92. The molecule has 1 aliphatic rings. The molecule has 4 rings (SSSR count). The highest BCUT2D eigenvalue weighted by Gasteiger charge is 2.27. The van der Waals surface area contributed by atoms with Gasteiger partial charge in [-0.15, -0.1) is 0 Å². The molecular weight excluding hydrogens is 354 g/mol. The van der Waals surface area contributed by atoms with Gasteiger partial charge in [0.25, 0.3) is 5.91 Å². The van der Waals surface area contributed by atoms with Gasteiger partial charge in [0.2, 0.25) is 0 Å². The molecule has 2 aromatic heterocycles. The molecule has 0 atom stereocenters. The summed E-state index contributed by atoms with van der Waals surface area (Å²) >= 11 is 0. The summed E-state index contributed by atoms with van der Waals surface area (Å²) in [6, 6.07) is 10.4. The molecule has 7 nitrogen and oxygen atoms in total. The van der Waals surface area contributed by atoms with Gasteiger partial charge in [0.05, 0.1) is 17.8 Å². The van der Waals surface area contributed by atoms with Crippen LogP contribution in [0.2, 0.25) is 0 Å². The number of aromatic hydroxyl groups is 1. The SMILES string of the molecule is CN(C)c1nc(-c2ccncc2)nc2c1CCN(C(=O)c1ccccc1O)C2. The molecule has 3 heterocycles. The van der Waals surface area contributed by atoms with Gasteiger partial charge < -0.3 is 14.9 Å². The zero-order valence-corrected chi connectivity index (χ0v) is 15.8. The Hall–Kier alpha value is -3.48. The summed E-state index contributed by atoms with van der Waals surface area (Å²) in [7, 11) is 3.91. The Balaban J connectivity index is 1.72. The first-order valence-electron chi connectivity index (χ1n) is 9.09. The fourth-order valence-electron chi connectivity index (χ4n) is 3.41. The van der Waals surface area contributed by atoms with E-state index < -0.39 is 0 Å². The molecule has 0 saturated heterocycles. The number of hydrogen-bond acceptors (Lipinski definition) is 6. The van der Waals surface area contributed by atoms with E-state index in [4.69, 9.17) is 9.97 Å². The van der Waals surface area contributed by atoms with Crippen LogP contribution in [-0.2, 0) is 13.0 Å². The third-order valence-corrected chi connectivity index (χ3v) is 4.83. The number of benzene rings is 1. The topological polar surface area (TPSA) is 82.5 Å². The van der Waals surface area contributed by atoms with Gasteiger partial charge in [0, 0.05) is 44.2 Å². The number of nitrogens with zero attached hydrogens (tertiary/aromatic N) is 5. The predicted octanol–water partition coefficient (Wildman–Crippen LogP) is 2.51.